The molecule has 1 N–H and O–H groups in total. The molecule has 160 valence electrons. The molecule has 5 rings (SSSR count). The number of rotatable bonds is 7. The summed E-state index contributed by atoms with van der Waals surface area (Å²) in [4.78, 5) is 18.8. The minimum Gasteiger partial charge on any atom is -0.374 e. The van der Waals surface area contributed by atoms with Crippen LogP contribution in [0.3, 0.4) is 0 Å². The number of hydrogen-bond acceptors (Lipinski definition) is 7. The fraction of sp³-hybridized carbons (Fsp3) is 0.304. The molecular weight excluding hydrogens is 408 g/mol. The van der Waals surface area contributed by atoms with E-state index in [-0.39, 0.29) is 0 Å². The number of imidazole rings is 1. The van der Waals surface area contributed by atoms with Gasteiger partial charge < -0.3 is 24.4 Å². The molecule has 0 saturated carbocycles. The van der Waals surface area contributed by atoms with Crippen molar-refractivity contribution in [3.8, 4) is 0 Å². The van der Waals surface area contributed by atoms with Gasteiger partial charge in [-0.05, 0) is 36.4 Å². The number of anilines is 3. The van der Waals surface area contributed by atoms with Crippen LogP contribution in [-0.2, 0) is 4.74 Å². The van der Waals surface area contributed by atoms with E-state index in [1.165, 1.54) is 11.4 Å². The van der Waals surface area contributed by atoms with Gasteiger partial charge in [0.25, 0.3) is 5.85 Å². The Morgan fingerprint density at radius 1 is 1.23 bits per heavy atom. The maximum Gasteiger partial charge on any atom is 0.260 e. The predicted molar refractivity (Wildman–Crippen MR) is 128 cm³/mol. The molecule has 1 atom stereocenters. The van der Waals surface area contributed by atoms with Gasteiger partial charge >= 0.3 is 0 Å². The van der Waals surface area contributed by atoms with Gasteiger partial charge in [-0.25, -0.2) is 4.98 Å². The van der Waals surface area contributed by atoms with E-state index in [9.17, 15) is 0 Å². The van der Waals surface area contributed by atoms with E-state index in [0.29, 0.717) is 6.61 Å². The van der Waals surface area contributed by atoms with Crippen LogP contribution in [-0.4, -0.2) is 61.6 Å². The van der Waals surface area contributed by atoms with Crippen molar-refractivity contribution in [3.05, 3.63) is 60.9 Å². The summed E-state index contributed by atoms with van der Waals surface area (Å²) in [6.07, 6.45) is 5.56. The summed E-state index contributed by atoms with van der Waals surface area (Å²) < 4.78 is 6.20. The van der Waals surface area contributed by atoms with Crippen LogP contribution in [0.15, 0.2) is 71.1 Å². The smallest absolute Gasteiger partial charge is 0.260 e. The van der Waals surface area contributed by atoms with E-state index in [1.54, 1.807) is 18.0 Å². The lowest BCUT2D eigenvalue weighted by Gasteiger charge is -2.34. The molecule has 1 saturated heterocycles. The van der Waals surface area contributed by atoms with Gasteiger partial charge in [0.1, 0.15) is 0 Å². The summed E-state index contributed by atoms with van der Waals surface area (Å²) in [7, 11) is 4.17. The van der Waals surface area contributed by atoms with Gasteiger partial charge in [-0.15, -0.1) is 0 Å². The monoisotopic (exact) mass is 434 g/mol. The number of aromatic amines is 1. The van der Waals surface area contributed by atoms with Gasteiger partial charge in [-0.2, -0.15) is 0 Å². The fourth-order valence-electron chi connectivity index (χ4n) is 4.13. The average molecular weight is 435 g/mol. The van der Waals surface area contributed by atoms with Crippen LogP contribution in [0.25, 0.3) is 0 Å². The number of H-pyrrole nitrogens is 1. The maximum absolute atomic E-state index is 6.20. The molecule has 0 radical (unpaired) electrons. The summed E-state index contributed by atoms with van der Waals surface area (Å²) in [5, 5.41) is 0.958. The van der Waals surface area contributed by atoms with Gasteiger partial charge in [0, 0.05) is 51.0 Å². The van der Waals surface area contributed by atoms with E-state index in [0.717, 1.165) is 35.4 Å². The summed E-state index contributed by atoms with van der Waals surface area (Å²) in [5.74, 6) is 0.314. The van der Waals surface area contributed by atoms with Crippen molar-refractivity contribution in [2.45, 2.75) is 11.0 Å². The second-order valence-corrected chi connectivity index (χ2v) is 8.73. The second-order valence-electron chi connectivity index (χ2n) is 7.65. The summed E-state index contributed by atoms with van der Waals surface area (Å²) >= 11 is 1.72. The highest BCUT2D eigenvalue weighted by Crippen LogP contribution is 2.46. The Bertz CT molecular complexity index is 1050. The van der Waals surface area contributed by atoms with Crippen molar-refractivity contribution in [3.63, 3.8) is 0 Å². The molecule has 1 aromatic heterocycles. The SMILES string of the molecule is CN(CCSc1ncc[nH]1)c1ccc(/N=C/C23OCCN2c2ccccc2N3C)cc1. The number of para-hydroxylation sites is 2. The van der Waals surface area contributed by atoms with Crippen LogP contribution in [0.4, 0.5) is 22.7 Å². The Kier molecular flexibility index (Phi) is 5.33. The molecule has 0 bridgehead atoms. The number of fused-ring (bicyclic) bond motifs is 3. The number of thioether (sulfide) groups is 1. The van der Waals surface area contributed by atoms with E-state index in [2.05, 4.69) is 87.3 Å². The number of benzene rings is 2. The summed E-state index contributed by atoms with van der Waals surface area (Å²) in [6, 6.07) is 16.7. The fourth-order valence-corrected chi connectivity index (χ4v) is 4.97. The van der Waals surface area contributed by atoms with E-state index >= 15 is 0 Å². The lowest BCUT2D eigenvalue weighted by atomic mass is 10.2. The van der Waals surface area contributed by atoms with Crippen LogP contribution < -0.4 is 14.7 Å². The number of ether oxygens (including phenoxy) is 1. The normalized spacial score (nSPS) is 19.8. The lowest BCUT2D eigenvalue weighted by Crippen LogP contribution is -2.54. The minimum atomic E-state index is -0.651. The van der Waals surface area contributed by atoms with Gasteiger partial charge in [0.05, 0.1) is 29.9 Å². The first-order valence-corrected chi connectivity index (χ1v) is 11.4. The minimum absolute atomic E-state index is 0.651. The molecule has 0 aliphatic carbocycles. The van der Waals surface area contributed by atoms with Crippen LogP contribution in [0.2, 0.25) is 0 Å². The summed E-state index contributed by atoms with van der Waals surface area (Å²) in [6.45, 7) is 2.47. The van der Waals surface area contributed by atoms with Crippen molar-refractivity contribution in [1.29, 1.82) is 0 Å². The third-order valence-corrected chi connectivity index (χ3v) is 6.72. The van der Waals surface area contributed by atoms with Gasteiger partial charge in [0.15, 0.2) is 5.16 Å². The predicted octanol–water partition coefficient (Wildman–Crippen LogP) is 3.98. The quantitative estimate of drug-likeness (QED) is 0.448. The zero-order chi connectivity index (χ0) is 21.3. The standard InChI is InChI=1S/C23H26N6OS/c1-27(14-16-31-22-24-11-12-25-22)19-9-7-18(8-10-19)26-17-23-28(2)20-5-3-4-6-21(20)29(23)13-15-30-23/h3-12,17H,13-16H2,1-2H3,(H,24,25)/b26-17+. The molecular formula is C23H26N6OS. The number of nitrogens with zero attached hydrogens (tertiary/aromatic N) is 5. The van der Waals surface area contributed by atoms with Crippen molar-refractivity contribution in [2.24, 2.45) is 4.99 Å². The van der Waals surface area contributed by atoms with E-state index in [1.807, 2.05) is 12.4 Å². The lowest BCUT2D eigenvalue weighted by molar-refractivity contribution is 0.0735. The topological polar surface area (TPSA) is 60.0 Å². The number of aromatic nitrogens is 2. The first-order valence-electron chi connectivity index (χ1n) is 10.4. The van der Waals surface area contributed by atoms with Gasteiger partial charge in [0.2, 0.25) is 0 Å². The number of hydrogen-bond donors (Lipinski definition) is 1. The Balaban J connectivity index is 1.25. The number of nitrogens with one attached hydrogen (secondary N) is 1. The van der Waals surface area contributed by atoms with E-state index in [4.69, 9.17) is 9.73 Å². The van der Waals surface area contributed by atoms with Crippen molar-refractivity contribution < 1.29 is 4.74 Å². The Hall–Kier alpha value is -2.97. The highest BCUT2D eigenvalue weighted by atomic mass is 32.2. The molecule has 0 spiro atoms. The third-order valence-electron chi connectivity index (χ3n) is 5.84. The Labute approximate surface area is 186 Å². The first-order chi connectivity index (χ1) is 15.2. The molecule has 1 unspecified atom stereocenters. The van der Waals surface area contributed by atoms with Crippen LogP contribution in [0.1, 0.15) is 0 Å². The summed E-state index contributed by atoms with van der Waals surface area (Å²) in [5.41, 5.74) is 4.44. The Morgan fingerprint density at radius 2 is 2.03 bits per heavy atom. The zero-order valence-electron chi connectivity index (χ0n) is 17.7. The molecule has 3 heterocycles. The molecule has 3 aromatic rings. The molecule has 31 heavy (non-hydrogen) atoms. The van der Waals surface area contributed by atoms with Crippen molar-refractivity contribution in [2.75, 3.05) is 54.2 Å². The van der Waals surface area contributed by atoms with Crippen LogP contribution in [0, 0.1) is 0 Å². The van der Waals surface area contributed by atoms with Crippen LogP contribution >= 0.6 is 11.8 Å². The molecule has 2 aliphatic heterocycles. The average Bonchev–Trinajstić information content (AvgIpc) is 3.52. The number of aliphatic imine (C=N–C) groups is 1. The second kappa shape index (κ2) is 8.28. The molecule has 0 amide bonds. The highest BCUT2D eigenvalue weighted by molar-refractivity contribution is 7.99. The maximum atomic E-state index is 6.20. The van der Waals surface area contributed by atoms with Crippen molar-refractivity contribution >= 4 is 40.7 Å². The molecule has 8 heteroatoms. The Morgan fingerprint density at radius 3 is 2.81 bits per heavy atom. The molecule has 2 aliphatic rings. The largest absolute Gasteiger partial charge is 0.374 e. The van der Waals surface area contributed by atoms with Crippen LogP contribution in [0.5, 0.6) is 0 Å². The molecule has 2 aromatic carbocycles. The molecule has 1 fully saturated rings. The van der Waals surface area contributed by atoms with Gasteiger partial charge in [-0.3, -0.25) is 4.99 Å². The zero-order valence-corrected chi connectivity index (χ0v) is 18.5. The van der Waals surface area contributed by atoms with Crippen molar-refractivity contribution in [1.82, 2.24) is 9.97 Å². The van der Waals surface area contributed by atoms with Gasteiger partial charge in [-0.1, -0.05) is 23.9 Å². The highest BCUT2D eigenvalue weighted by Gasteiger charge is 2.51. The first kappa shape index (κ1) is 20.0. The third kappa shape index (κ3) is 3.66. The van der Waals surface area contributed by atoms with E-state index < -0.39 is 5.85 Å². The molecule has 7 nitrogen and oxygen atoms in total.